The van der Waals surface area contributed by atoms with Crippen molar-refractivity contribution in [2.24, 2.45) is 11.8 Å². The Bertz CT molecular complexity index is 391. The maximum Gasteiger partial charge on any atom is 0.177 e. The molecule has 1 aliphatic carbocycles. The van der Waals surface area contributed by atoms with Crippen LogP contribution in [0.25, 0.3) is 0 Å². The molecule has 0 aromatic carbocycles. The van der Waals surface area contributed by atoms with Gasteiger partial charge in [0, 0.05) is 17.9 Å². The lowest BCUT2D eigenvalue weighted by Gasteiger charge is -2.20. The van der Waals surface area contributed by atoms with E-state index < -0.39 is 0 Å². The number of hydrogen-bond acceptors (Lipinski definition) is 1. The lowest BCUT2D eigenvalue weighted by Crippen LogP contribution is -2.15. The number of aromatic amines is 1. The topological polar surface area (TPSA) is 20.7 Å². The van der Waals surface area contributed by atoms with Crippen LogP contribution in [0.3, 0.4) is 0 Å². The highest BCUT2D eigenvalue weighted by atomic mass is 32.1. The van der Waals surface area contributed by atoms with E-state index in [0.29, 0.717) is 6.04 Å². The van der Waals surface area contributed by atoms with Crippen LogP contribution in [0.1, 0.15) is 44.8 Å². The third-order valence-electron chi connectivity index (χ3n) is 3.94. The summed E-state index contributed by atoms with van der Waals surface area (Å²) in [7, 11) is 0. The number of aromatic nitrogens is 2. The van der Waals surface area contributed by atoms with E-state index in [1.807, 2.05) is 0 Å². The number of H-pyrrole nitrogens is 1. The lowest BCUT2D eigenvalue weighted by atomic mass is 9.93. The second-order valence-corrected chi connectivity index (χ2v) is 5.21. The zero-order valence-electron chi connectivity index (χ0n) is 9.79. The average molecular weight is 224 g/mol. The number of imidazole rings is 1. The van der Waals surface area contributed by atoms with Crippen LogP contribution in [0.4, 0.5) is 0 Å². The Morgan fingerprint density at radius 3 is 2.73 bits per heavy atom. The first kappa shape index (κ1) is 10.9. The molecule has 1 N–H and O–H groups in total. The van der Waals surface area contributed by atoms with Gasteiger partial charge in [0.05, 0.1) is 0 Å². The average Bonchev–Trinajstić information content (AvgIpc) is 2.69. The summed E-state index contributed by atoms with van der Waals surface area (Å²) in [4.78, 5) is 3.22. The van der Waals surface area contributed by atoms with Crippen LogP contribution in [-0.2, 0) is 0 Å². The predicted octanol–water partition coefficient (Wildman–Crippen LogP) is 3.85. The monoisotopic (exact) mass is 224 g/mol. The van der Waals surface area contributed by atoms with Crippen LogP contribution in [0.2, 0.25) is 0 Å². The standard InChI is InChI=1S/C12H20N2S/c1-4-10-5-6-11(9(10)3)14-7-8(2)13-12(14)15/h7,9-11H,4-6H2,1-3H3,(H,13,15). The Labute approximate surface area is 96.7 Å². The Kier molecular flexibility index (Phi) is 3.01. The van der Waals surface area contributed by atoms with Crippen molar-refractivity contribution in [3.63, 3.8) is 0 Å². The molecule has 1 aromatic rings. The van der Waals surface area contributed by atoms with Crippen LogP contribution in [0.15, 0.2) is 6.20 Å². The van der Waals surface area contributed by atoms with E-state index in [0.717, 1.165) is 16.6 Å². The fourth-order valence-corrected chi connectivity index (χ4v) is 3.32. The van der Waals surface area contributed by atoms with E-state index in [1.165, 1.54) is 25.0 Å². The van der Waals surface area contributed by atoms with E-state index in [9.17, 15) is 0 Å². The molecule has 1 saturated carbocycles. The fraction of sp³-hybridized carbons (Fsp3) is 0.750. The van der Waals surface area contributed by atoms with Crippen LogP contribution in [0, 0.1) is 23.5 Å². The van der Waals surface area contributed by atoms with Gasteiger partial charge in [-0.1, -0.05) is 20.3 Å². The number of nitrogens with one attached hydrogen (secondary N) is 1. The highest BCUT2D eigenvalue weighted by Crippen LogP contribution is 2.41. The number of hydrogen-bond donors (Lipinski definition) is 1. The molecule has 3 unspecified atom stereocenters. The second kappa shape index (κ2) is 4.12. The van der Waals surface area contributed by atoms with Crippen molar-refractivity contribution in [3.05, 3.63) is 16.7 Å². The summed E-state index contributed by atoms with van der Waals surface area (Å²) in [6.07, 6.45) is 6.11. The Morgan fingerprint density at radius 1 is 1.53 bits per heavy atom. The molecular weight excluding hydrogens is 204 g/mol. The summed E-state index contributed by atoms with van der Waals surface area (Å²) in [5, 5.41) is 0. The highest BCUT2D eigenvalue weighted by molar-refractivity contribution is 7.71. The summed E-state index contributed by atoms with van der Waals surface area (Å²) >= 11 is 5.34. The summed E-state index contributed by atoms with van der Waals surface area (Å²) in [5.41, 5.74) is 1.17. The first-order valence-corrected chi connectivity index (χ1v) is 6.32. The highest BCUT2D eigenvalue weighted by Gasteiger charge is 2.32. The van der Waals surface area contributed by atoms with Crippen LogP contribution in [0.5, 0.6) is 0 Å². The molecule has 84 valence electrons. The van der Waals surface area contributed by atoms with E-state index in [1.54, 1.807) is 0 Å². The zero-order chi connectivity index (χ0) is 11.0. The van der Waals surface area contributed by atoms with Gasteiger partial charge in [-0.2, -0.15) is 0 Å². The van der Waals surface area contributed by atoms with Crippen molar-refractivity contribution in [3.8, 4) is 0 Å². The Balaban J connectivity index is 2.26. The predicted molar refractivity (Wildman–Crippen MR) is 65.6 cm³/mol. The maximum atomic E-state index is 5.34. The lowest BCUT2D eigenvalue weighted by molar-refractivity contribution is 0.327. The van der Waals surface area contributed by atoms with E-state index in [4.69, 9.17) is 12.2 Å². The van der Waals surface area contributed by atoms with Gasteiger partial charge in [-0.05, 0) is 43.8 Å². The zero-order valence-corrected chi connectivity index (χ0v) is 10.6. The van der Waals surface area contributed by atoms with Gasteiger partial charge in [0.1, 0.15) is 0 Å². The van der Waals surface area contributed by atoms with Crippen LogP contribution < -0.4 is 0 Å². The molecule has 0 aliphatic heterocycles. The van der Waals surface area contributed by atoms with Gasteiger partial charge >= 0.3 is 0 Å². The fourth-order valence-electron chi connectivity index (χ4n) is 2.97. The molecule has 0 bridgehead atoms. The Hall–Kier alpha value is -0.570. The smallest absolute Gasteiger partial charge is 0.177 e. The third kappa shape index (κ3) is 1.89. The Morgan fingerprint density at radius 2 is 2.27 bits per heavy atom. The maximum absolute atomic E-state index is 5.34. The van der Waals surface area contributed by atoms with Gasteiger partial charge < -0.3 is 9.55 Å². The minimum absolute atomic E-state index is 0.618. The summed E-state index contributed by atoms with van der Waals surface area (Å²) < 4.78 is 3.16. The molecule has 2 nitrogen and oxygen atoms in total. The molecular formula is C12H20N2S. The molecule has 2 rings (SSSR count). The largest absolute Gasteiger partial charge is 0.335 e. The van der Waals surface area contributed by atoms with Crippen molar-refractivity contribution >= 4 is 12.2 Å². The van der Waals surface area contributed by atoms with E-state index in [-0.39, 0.29) is 0 Å². The molecule has 15 heavy (non-hydrogen) atoms. The first-order valence-electron chi connectivity index (χ1n) is 5.91. The molecule has 3 atom stereocenters. The molecule has 1 aliphatic rings. The molecule has 0 amide bonds. The van der Waals surface area contributed by atoms with Gasteiger partial charge in [-0.3, -0.25) is 0 Å². The van der Waals surface area contributed by atoms with Crippen molar-refractivity contribution < 1.29 is 0 Å². The molecule has 0 spiro atoms. The van der Waals surface area contributed by atoms with Crippen molar-refractivity contribution in [1.29, 1.82) is 0 Å². The first-order chi connectivity index (χ1) is 7.13. The summed E-state index contributed by atoms with van der Waals surface area (Å²) in [6, 6.07) is 0.618. The van der Waals surface area contributed by atoms with Gasteiger partial charge in [-0.25, -0.2) is 0 Å². The number of nitrogens with zero attached hydrogens (tertiary/aromatic N) is 1. The van der Waals surface area contributed by atoms with Crippen molar-refractivity contribution in [1.82, 2.24) is 9.55 Å². The molecule has 1 aromatic heterocycles. The van der Waals surface area contributed by atoms with Gasteiger partial charge in [0.15, 0.2) is 4.77 Å². The number of rotatable bonds is 2. The summed E-state index contributed by atoms with van der Waals surface area (Å²) in [5.74, 6) is 1.64. The van der Waals surface area contributed by atoms with E-state index >= 15 is 0 Å². The normalized spacial score (nSPS) is 31.0. The molecule has 0 radical (unpaired) electrons. The second-order valence-electron chi connectivity index (χ2n) is 4.82. The van der Waals surface area contributed by atoms with E-state index in [2.05, 4.69) is 36.5 Å². The summed E-state index contributed by atoms with van der Waals surface area (Å²) in [6.45, 7) is 6.74. The minimum atomic E-state index is 0.618. The minimum Gasteiger partial charge on any atom is -0.335 e. The van der Waals surface area contributed by atoms with Crippen molar-refractivity contribution in [2.75, 3.05) is 0 Å². The van der Waals surface area contributed by atoms with Gasteiger partial charge in [0.25, 0.3) is 0 Å². The van der Waals surface area contributed by atoms with Crippen LogP contribution >= 0.6 is 12.2 Å². The third-order valence-corrected chi connectivity index (χ3v) is 4.25. The van der Waals surface area contributed by atoms with Gasteiger partial charge in [-0.15, -0.1) is 0 Å². The van der Waals surface area contributed by atoms with Crippen molar-refractivity contribution in [2.45, 2.75) is 46.1 Å². The molecule has 3 heteroatoms. The van der Waals surface area contributed by atoms with Gasteiger partial charge in [0.2, 0.25) is 0 Å². The molecule has 0 saturated heterocycles. The molecule has 1 fully saturated rings. The quantitative estimate of drug-likeness (QED) is 0.757. The molecule has 1 heterocycles. The number of aryl methyl sites for hydroxylation is 1. The van der Waals surface area contributed by atoms with Crippen LogP contribution in [-0.4, -0.2) is 9.55 Å². The SMILES string of the molecule is CCC1CCC(n2cc(C)[nH]c2=S)C1C.